The molecule has 0 atom stereocenters. The highest BCUT2D eigenvalue weighted by atomic mass is 79.9. The number of halogens is 2. The van der Waals surface area contributed by atoms with E-state index < -0.39 is 0 Å². The molecule has 2 heterocycles. The number of pyridine rings is 1. The summed E-state index contributed by atoms with van der Waals surface area (Å²) in [5.74, 6) is 1.58. The number of aromatic nitrogens is 4. The SMILES string of the molecule is CCOCCn1nc(-c2ccccc2Br)nc1Cc1cnc(Cl)cc1C. The Morgan fingerprint density at radius 3 is 2.81 bits per heavy atom. The Bertz CT molecular complexity index is 897. The number of hydrogen-bond donors (Lipinski definition) is 0. The molecule has 0 spiro atoms. The third-order valence-corrected chi connectivity index (χ3v) is 4.95. The van der Waals surface area contributed by atoms with Gasteiger partial charge in [-0.2, -0.15) is 5.10 Å². The molecule has 1 aromatic carbocycles. The van der Waals surface area contributed by atoms with Crippen LogP contribution in [0.1, 0.15) is 23.9 Å². The predicted octanol–water partition coefficient (Wildman–Crippen LogP) is 4.69. The van der Waals surface area contributed by atoms with Gasteiger partial charge in [0, 0.05) is 29.3 Å². The molecule has 0 aliphatic heterocycles. The fraction of sp³-hybridized carbons (Fsp3) is 0.316. The summed E-state index contributed by atoms with van der Waals surface area (Å²) in [6.45, 7) is 5.94. The molecule has 7 heteroatoms. The lowest BCUT2D eigenvalue weighted by Crippen LogP contribution is -2.12. The minimum atomic E-state index is 0.498. The molecule has 0 saturated heterocycles. The number of rotatable bonds is 7. The van der Waals surface area contributed by atoms with Gasteiger partial charge in [0.05, 0.1) is 13.2 Å². The first-order valence-corrected chi connectivity index (χ1v) is 9.63. The zero-order chi connectivity index (χ0) is 18.5. The summed E-state index contributed by atoms with van der Waals surface area (Å²) in [6.07, 6.45) is 2.44. The van der Waals surface area contributed by atoms with Crippen LogP contribution in [0.25, 0.3) is 11.4 Å². The van der Waals surface area contributed by atoms with Crippen molar-refractivity contribution in [1.82, 2.24) is 19.7 Å². The van der Waals surface area contributed by atoms with E-state index in [1.54, 1.807) is 6.20 Å². The molecule has 0 N–H and O–H groups in total. The molecule has 0 aliphatic carbocycles. The van der Waals surface area contributed by atoms with Gasteiger partial charge < -0.3 is 4.74 Å². The third-order valence-electron chi connectivity index (χ3n) is 4.05. The summed E-state index contributed by atoms with van der Waals surface area (Å²) >= 11 is 9.55. The average Bonchev–Trinajstić information content (AvgIpc) is 3.01. The molecule has 3 rings (SSSR count). The Hall–Kier alpha value is -1.76. The van der Waals surface area contributed by atoms with Gasteiger partial charge in [-0.1, -0.05) is 39.7 Å². The van der Waals surface area contributed by atoms with Gasteiger partial charge in [0.1, 0.15) is 11.0 Å². The molecule has 5 nitrogen and oxygen atoms in total. The normalized spacial score (nSPS) is 11.1. The Morgan fingerprint density at radius 2 is 2.08 bits per heavy atom. The lowest BCUT2D eigenvalue weighted by molar-refractivity contribution is 0.135. The minimum Gasteiger partial charge on any atom is -0.380 e. The Labute approximate surface area is 166 Å². The summed E-state index contributed by atoms with van der Waals surface area (Å²) in [4.78, 5) is 8.98. The Morgan fingerprint density at radius 1 is 1.27 bits per heavy atom. The molecule has 0 amide bonds. The van der Waals surface area contributed by atoms with Crippen LogP contribution in [0.15, 0.2) is 41.0 Å². The summed E-state index contributed by atoms with van der Waals surface area (Å²) in [6, 6.07) is 9.82. The van der Waals surface area contributed by atoms with Crippen molar-refractivity contribution < 1.29 is 4.74 Å². The van der Waals surface area contributed by atoms with Crippen molar-refractivity contribution in [3.05, 3.63) is 63.1 Å². The molecule has 0 bridgehead atoms. The monoisotopic (exact) mass is 434 g/mol. The Balaban J connectivity index is 1.94. The quantitative estimate of drug-likeness (QED) is 0.399. The first-order valence-electron chi connectivity index (χ1n) is 8.46. The van der Waals surface area contributed by atoms with Gasteiger partial charge in [0.2, 0.25) is 0 Å². The highest BCUT2D eigenvalue weighted by molar-refractivity contribution is 9.10. The molecule has 136 valence electrons. The first-order chi connectivity index (χ1) is 12.6. The van der Waals surface area contributed by atoms with Crippen LogP contribution in [0.5, 0.6) is 0 Å². The van der Waals surface area contributed by atoms with Crippen LogP contribution in [0.4, 0.5) is 0 Å². The fourth-order valence-electron chi connectivity index (χ4n) is 2.64. The van der Waals surface area contributed by atoms with Gasteiger partial charge in [-0.15, -0.1) is 0 Å². The van der Waals surface area contributed by atoms with E-state index in [4.69, 9.17) is 26.4 Å². The van der Waals surface area contributed by atoms with Crippen molar-refractivity contribution in [2.45, 2.75) is 26.8 Å². The maximum absolute atomic E-state index is 5.97. The van der Waals surface area contributed by atoms with Crippen LogP contribution in [0, 0.1) is 6.92 Å². The lowest BCUT2D eigenvalue weighted by atomic mass is 10.1. The molecule has 2 aromatic heterocycles. The van der Waals surface area contributed by atoms with Crippen molar-refractivity contribution in [3.63, 3.8) is 0 Å². The fourth-order valence-corrected chi connectivity index (χ4v) is 3.32. The standard InChI is InChI=1S/C19H20BrClN4O/c1-3-26-9-8-25-18(11-14-12-22-17(21)10-13(14)2)23-19(24-25)15-6-4-5-7-16(15)20/h4-7,10,12H,3,8-9,11H2,1-2H3. The largest absolute Gasteiger partial charge is 0.380 e. The Kier molecular flexibility index (Phi) is 6.40. The van der Waals surface area contributed by atoms with E-state index in [0.717, 1.165) is 27.0 Å². The van der Waals surface area contributed by atoms with Crippen molar-refractivity contribution in [1.29, 1.82) is 0 Å². The van der Waals surface area contributed by atoms with Gasteiger partial charge in [-0.05, 0) is 43.2 Å². The molecule has 0 radical (unpaired) electrons. The second-order valence-electron chi connectivity index (χ2n) is 5.86. The molecule has 0 fully saturated rings. The van der Waals surface area contributed by atoms with Crippen LogP contribution in [0.3, 0.4) is 0 Å². The van der Waals surface area contributed by atoms with Crippen molar-refractivity contribution >= 4 is 27.5 Å². The number of nitrogens with zero attached hydrogens (tertiary/aromatic N) is 4. The third kappa shape index (κ3) is 4.50. The molecular weight excluding hydrogens is 416 g/mol. The first kappa shape index (κ1) is 19.0. The predicted molar refractivity (Wildman–Crippen MR) is 106 cm³/mol. The number of benzene rings is 1. The van der Waals surface area contributed by atoms with Crippen LogP contribution in [-0.2, 0) is 17.7 Å². The van der Waals surface area contributed by atoms with E-state index in [0.29, 0.717) is 37.2 Å². The summed E-state index contributed by atoms with van der Waals surface area (Å²) in [5, 5.41) is 5.20. The zero-order valence-corrected chi connectivity index (χ0v) is 17.1. The average molecular weight is 436 g/mol. The van der Waals surface area contributed by atoms with E-state index in [9.17, 15) is 0 Å². The van der Waals surface area contributed by atoms with Gasteiger partial charge >= 0.3 is 0 Å². The van der Waals surface area contributed by atoms with Gasteiger partial charge in [0.25, 0.3) is 0 Å². The summed E-state index contributed by atoms with van der Waals surface area (Å²) in [7, 11) is 0. The van der Waals surface area contributed by atoms with Crippen LogP contribution >= 0.6 is 27.5 Å². The van der Waals surface area contributed by atoms with E-state index in [-0.39, 0.29) is 0 Å². The smallest absolute Gasteiger partial charge is 0.182 e. The number of hydrogen-bond acceptors (Lipinski definition) is 4. The molecule has 0 unspecified atom stereocenters. The lowest BCUT2D eigenvalue weighted by Gasteiger charge is -2.08. The van der Waals surface area contributed by atoms with Crippen molar-refractivity contribution in [2.24, 2.45) is 0 Å². The molecule has 0 saturated carbocycles. The highest BCUT2D eigenvalue weighted by Crippen LogP contribution is 2.26. The molecule has 3 aromatic rings. The van der Waals surface area contributed by atoms with Gasteiger partial charge in [-0.3, -0.25) is 0 Å². The molecular formula is C19H20BrClN4O. The maximum Gasteiger partial charge on any atom is 0.182 e. The van der Waals surface area contributed by atoms with Crippen molar-refractivity contribution in [2.75, 3.05) is 13.2 Å². The number of aryl methyl sites for hydroxylation is 1. The minimum absolute atomic E-state index is 0.498. The van der Waals surface area contributed by atoms with Crippen molar-refractivity contribution in [3.8, 4) is 11.4 Å². The number of ether oxygens (including phenoxy) is 1. The van der Waals surface area contributed by atoms with Crippen LogP contribution in [-0.4, -0.2) is 33.0 Å². The van der Waals surface area contributed by atoms with Gasteiger partial charge in [0.15, 0.2) is 5.82 Å². The van der Waals surface area contributed by atoms with Gasteiger partial charge in [-0.25, -0.2) is 14.6 Å². The van der Waals surface area contributed by atoms with Crippen LogP contribution < -0.4 is 0 Å². The second-order valence-corrected chi connectivity index (χ2v) is 7.10. The maximum atomic E-state index is 5.97. The molecule has 26 heavy (non-hydrogen) atoms. The highest BCUT2D eigenvalue weighted by Gasteiger charge is 2.15. The van der Waals surface area contributed by atoms with Crippen LogP contribution in [0.2, 0.25) is 5.15 Å². The molecule has 0 aliphatic rings. The second kappa shape index (κ2) is 8.75. The summed E-state index contributed by atoms with van der Waals surface area (Å²) in [5.41, 5.74) is 3.14. The van der Waals surface area contributed by atoms with E-state index in [2.05, 4.69) is 20.9 Å². The van der Waals surface area contributed by atoms with E-state index in [1.165, 1.54) is 0 Å². The van der Waals surface area contributed by atoms with E-state index in [1.807, 2.05) is 48.9 Å². The zero-order valence-electron chi connectivity index (χ0n) is 14.7. The van der Waals surface area contributed by atoms with E-state index >= 15 is 0 Å². The summed E-state index contributed by atoms with van der Waals surface area (Å²) < 4.78 is 8.38. The topological polar surface area (TPSA) is 52.8 Å².